The highest BCUT2D eigenvalue weighted by Gasteiger charge is 1.77. The van der Waals surface area contributed by atoms with E-state index in [0.29, 0.717) is 0 Å². The minimum absolute atomic E-state index is 0.623. The predicted octanol–water partition coefficient (Wildman–Crippen LogP) is 0.762. The molecule has 0 spiro atoms. The van der Waals surface area contributed by atoms with Crippen LogP contribution in [-0.4, -0.2) is 5.91 Å². The molecule has 2 heteroatoms. The summed E-state index contributed by atoms with van der Waals surface area (Å²) in [6, 6.07) is 0. The number of hydrogen-bond acceptors (Lipinski definition) is 1. The molecule has 0 aromatic heterocycles. The second kappa shape index (κ2) is 3.40. The van der Waals surface area contributed by atoms with Crippen molar-refractivity contribution in [3.05, 3.63) is 12.2 Å². The van der Waals surface area contributed by atoms with E-state index in [1.807, 2.05) is 6.92 Å². The van der Waals surface area contributed by atoms with E-state index < -0.39 is 5.91 Å². The minimum Gasteiger partial charge on any atom is -0.268 e. The molecule has 0 aliphatic heterocycles. The largest absolute Gasteiger partial charge is 0.268 e. The molecule has 0 atom stereocenters. The van der Waals surface area contributed by atoms with Gasteiger partial charge in [-0.15, -0.1) is 0 Å². The van der Waals surface area contributed by atoms with Gasteiger partial charge in [-0.2, -0.15) is 0 Å². The summed E-state index contributed by atoms with van der Waals surface area (Å²) in [5.41, 5.74) is 6.36. The summed E-state index contributed by atoms with van der Waals surface area (Å²) in [7, 11) is 0. The van der Waals surface area contributed by atoms with Crippen LogP contribution in [0.4, 0.5) is 0 Å². The Morgan fingerprint density at radius 2 is 2.43 bits per heavy atom. The fourth-order valence-corrected chi connectivity index (χ4v) is 0.225. The van der Waals surface area contributed by atoms with Gasteiger partial charge in [-0.3, -0.25) is 10.5 Å². The number of carbonyl (C=O) groups excluding carboxylic acids is 1. The third-order valence-electron chi connectivity index (χ3n) is 0.505. The molecule has 1 amide bonds. The van der Waals surface area contributed by atoms with Gasteiger partial charge in [0.1, 0.15) is 0 Å². The number of allylic oxidation sites excluding steroid dienone is 1. The van der Waals surface area contributed by atoms with Gasteiger partial charge in [0.2, 0.25) is 0 Å². The van der Waals surface area contributed by atoms with Crippen molar-refractivity contribution < 1.29 is 4.79 Å². The highest BCUT2D eigenvalue weighted by Crippen LogP contribution is 1.76. The van der Waals surface area contributed by atoms with E-state index in [2.05, 4.69) is 0 Å². The van der Waals surface area contributed by atoms with Crippen LogP contribution in [0.5, 0.6) is 0 Å². The van der Waals surface area contributed by atoms with E-state index >= 15 is 0 Å². The zero-order valence-corrected chi connectivity index (χ0v) is 4.27. The third-order valence-corrected chi connectivity index (χ3v) is 0.505. The SMILES string of the molecule is CC/C=C/C([NH])=O. The third kappa shape index (κ3) is 5.21. The van der Waals surface area contributed by atoms with E-state index in [-0.39, 0.29) is 0 Å². The molecule has 1 N–H and O–H groups in total. The maximum Gasteiger partial charge on any atom is 0.262 e. The van der Waals surface area contributed by atoms with Gasteiger partial charge >= 0.3 is 0 Å². The highest BCUT2D eigenvalue weighted by atomic mass is 16.1. The molecule has 0 unspecified atom stereocenters. The molecule has 1 radical (unpaired) electrons. The number of rotatable bonds is 2. The lowest BCUT2D eigenvalue weighted by Gasteiger charge is -1.73. The van der Waals surface area contributed by atoms with Crippen LogP contribution < -0.4 is 5.73 Å². The minimum atomic E-state index is -0.623. The summed E-state index contributed by atoms with van der Waals surface area (Å²) in [6.45, 7) is 1.92. The van der Waals surface area contributed by atoms with Gasteiger partial charge in [0.05, 0.1) is 0 Å². The van der Waals surface area contributed by atoms with Crippen molar-refractivity contribution in [2.24, 2.45) is 0 Å². The summed E-state index contributed by atoms with van der Waals surface area (Å²) < 4.78 is 0. The fourth-order valence-electron chi connectivity index (χ4n) is 0.225. The van der Waals surface area contributed by atoms with Crippen LogP contribution in [0.15, 0.2) is 12.2 Å². The van der Waals surface area contributed by atoms with Crippen LogP contribution in [0.25, 0.3) is 0 Å². The van der Waals surface area contributed by atoms with Crippen molar-refractivity contribution in [2.75, 3.05) is 0 Å². The van der Waals surface area contributed by atoms with Gasteiger partial charge in [-0.1, -0.05) is 13.0 Å². The average Bonchev–Trinajstić information content (AvgIpc) is 1.61. The standard InChI is InChI=1S/C5H8NO/c1-2-3-4-5(6)7/h3-4,6H,2H2,1H3/b4-3+. The second-order valence-electron chi connectivity index (χ2n) is 1.17. The normalized spacial score (nSPS) is 9.86. The van der Waals surface area contributed by atoms with Gasteiger partial charge < -0.3 is 0 Å². The maximum atomic E-state index is 9.78. The first-order chi connectivity index (χ1) is 3.27. The van der Waals surface area contributed by atoms with E-state index in [0.717, 1.165) is 6.42 Å². The molecular weight excluding hydrogens is 90.1 g/mol. The first-order valence-corrected chi connectivity index (χ1v) is 2.19. The summed E-state index contributed by atoms with van der Waals surface area (Å²) in [4.78, 5) is 9.78. The first kappa shape index (κ1) is 6.21. The molecule has 0 fully saturated rings. The Balaban J connectivity index is 3.26. The Kier molecular flexibility index (Phi) is 3.02. The summed E-state index contributed by atoms with van der Waals surface area (Å²) >= 11 is 0. The molecule has 0 aromatic rings. The van der Waals surface area contributed by atoms with E-state index in [4.69, 9.17) is 5.73 Å². The van der Waals surface area contributed by atoms with Gasteiger partial charge in [0.15, 0.2) is 0 Å². The number of amides is 1. The smallest absolute Gasteiger partial charge is 0.262 e. The lowest BCUT2D eigenvalue weighted by molar-refractivity contribution is -0.114. The Labute approximate surface area is 43.0 Å². The number of carbonyl (C=O) groups is 1. The monoisotopic (exact) mass is 98.1 g/mol. The molecule has 39 valence electrons. The molecule has 0 saturated heterocycles. The summed E-state index contributed by atoms with van der Waals surface area (Å²) in [5, 5.41) is 0. The Bertz CT molecular complexity index is 86.1. The lowest BCUT2D eigenvalue weighted by atomic mass is 10.4. The number of hydrogen-bond donors (Lipinski definition) is 0. The topological polar surface area (TPSA) is 40.9 Å². The molecule has 7 heavy (non-hydrogen) atoms. The van der Waals surface area contributed by atoms with Crippen LogP contribution in [0, 0.1) is 0 Å². The molecule has 0 heterocycles. The van der Waals surface area contributed by atoms with Crippen molar-refractivity contribution in [1.82, 2.24) is 5.73 Å². The highest BCUT2D eigenvalue weighted by molar-refractivity contribution is 5.84. The van der Waals surface area contributed by atoms with Crippen molar-refractivity contribution in [1.29, 1.82) is 0 Å². The fraction of sp³-hybridized carbons (Fsp3) is 0.400. The molecule has 0 aromatic carbocycles. The summed E-state index contributed by atoms with van der Waals surface area (Å²) in [5.74, 6) is -0.623. The van der Waals surface area contributed by atoms with Crippen molar-refractivity contribution in [3.63, 3.8) is 0 Å². The molecule has 0 saturated carbocycles. The van der Waals surface area contributed by atoms with Crippen molar-refractivity contribution in [2.45, 2.75) is 13.3 Å². The molecule has 2 nitrogen and oxygen atoms in total. The van der Waals surface area contributed by atoms with Gasteiger partial charge in [-0.25, -0.2) is 0 Å². The zero-order valence-electron chi connectivity index (χ0n) is 4.27. The van der Waals surface area contributed by atoms with Crippen LogP contribution in [-0.2, 0) is 4.79 Å². The van der Waals surface area contributed by atoms with Gasteiger partial charge in [-0.05, 0) is 6.42 Å². The van der Waals surface area contributed by atoms with Crippen LogP contribution in [0.3, 0.4) is 0 Å². The Hall–Kier alpha value is -0.790. The molecule has 0 aliphatic rings. The van der Waals surface area contributed by atoms with Crippen molar-refractivity contribution in [3.8, 4) is 0 Å². The van der Waals surface area contributed by atoms with Crippen LogP contribution >= 0.6 is 0 Å². The average molecular weight is 98.1 g/mol. The first-order valence-electron chi connectivity index (χ1n) is 2.19. The van der Waals surface area contributed by atoms with Crippen LogP contribution in [0.2, 0.25) is 0 Å². The van der Waals surface area contributed by atoms with Crippen LogP contribution in [0.1, 0.15) is 13.3 Å². The molecular formula is C5H8NO. The predicted molar refractivity (Wildman–Crippen MR) is 27.5 cm³/mol. The van der Waals surface area contributed by atoms with Crippen molar-refractivity contribution >= 4 is 5.91 Å². The van der Waals surface area contributed by atoms with Gasteiger partial charge in [0, 0.05) is 6.08 Å². The second-order valence-corrected chi connectivity index (χ2v) is 1.17. The molecule has 0 aliphatic carbocycles. The van der Waals surface area contributed by atoms with Gasteiger partial charge in [0.25, 0.3) is 5.91 Å². The zero-order chi connectivity index (χ0) is 5.70. The molecule has 0 bridgehead atoms. The summed E-state index contributed by atoms with van der Waals surface area (Å²) in [6.07, 6.45) is 3.74. The maximum absolute atomic E-state index is 9.78. The lowest BCUT2D eigenvalue weighted by Crippen LogP contribution is -1.88. The van der Waals surface area contributed by atoms with E-state index in [1.165, 1.54) is 6.08 Å². The Morgan fingerprint density at radius 3 is 2.57 bits per heavy atom. The number of nitrogens with one attached hydrogen (secondary N) is 1. The van der Waals surface area contributed by atoms with E-state index in [1.54, 1.807) is 6.08 Å². The quantitative estimate of drug-likeness (QED) is 0.470. The molecule has 0 rings (SSSR count). The van der Waals surface area contributed by atoms with E-state index in [9.17, 15) is 4.79 Å². The Morgan fingerprint density at radius 1 is 1.86 bits per heavy atom.